The molecule has 0 radical (unpaired) electrons. The van der Waals surface area contributed by atoms with Crippen LogP contribution in [0.25, 0.3) is 0 Å². The summed E-state index contributed by atoms with van der Waals surface area (Å²) >= 11 is 0. The Morgan fingerprint density at radius 1 is 1.50 bits per heavy atom. The third-order valence-corrected chi connectivity index (χ3v) is 2.68. The summed E-state index contributed by atoms with van der Waals surface area (Å²) < 4.78 is 0. The normalized spacial score (nSPS) is 12.4. The average molecular weight is 222 g/mol. The van der Waals surface area contributed by atoms with Gasteiger partial charge in [-0.15, -0.1) is 0 Å². The molecule has 16 heavy (non-hydrogen) atoms. The largest absolute Gasteiger partial charge is 0.327 e. The van der Waals surface area contributed by atoms with Crippen LogP contribution in [0.2, 0.25) is 0 Å². The van der Waals surface area contributed by atoms with Gasteiger partial charge in [-0.25, -0.2) is 0 Å². The Kier molecular flexibility index (Phi) is 4.43. The number of nitrogens with zero attached hydrogens (tertiary/aromatic N) is 1. The molecule has 4 nitrogen and oxygen atoms in total. The second kappa shape index (κ2) is 5.61. The lowest BCUT2D eigenvalue weighted by molar-refractivity contribution is -0.384. The third kappa shape index (κ3) is 3.31. The van der Waals surface area contributed by atoms with Crippen molar-refractivity contribution in [1.82, 2.24) is 0 Å². The molecule has 0 saturated carbocycles. The number of nitrogens with two attached hydrogens (primary N) is 1. The van der Waals surface area contributed by atoms with E-state index in [-0.39, 0.29) is 16.7 Å². The fourth-order valence-electron chi connectivity index (χ4n) is 1.78. The molecule has 88 valence electrons. The predicted octanol–water partition coefficient (Wildman–Crippen LogP) is 2.57. The molecular formula is C12H18N2O2. The SMILES string of the molecule is CCCC(N)Cc1ccc([N+](=O)[O-])cc1C. The van der Waals surface area contributed by atoms with Gasteiger partial charge < -0.3 is 5.73 Å². The number of nitro groups is 1. The van der Waals surface area contributed by atoms with E-state index in [1.54, 1.807) is 12.1 Å². The minimum absolute atomic E-state index is 0.144. The number of non-ortho nitro benzene ring substituents is 1. The molecular weight excluding hydrogens is 204 g/mol. The first-order chi connectivity index (χ1) is 7.54. The molecule has 0 spiro atoms. The fourth-order valence-corrected chi connectivity index (χ4v) is 1.78. The topological polar surface area (TPSA) is 69.2 Å². The maximum atomic E-state index is 10.6. The average Bonchev–Trinajstić information content (AvgIpc) is 2.21. The lowest BCUT2D eigenvalue weighted by Crippen LogP contribution is -2.22. The fraction of sp³-hybridized carbons (Fsp3) is 0.500. The summed E-state index contributed by atoms with van der Waals surface area (Å²) in [7, 11) is 0. The van der Waals surface area contributed by atoms with Crippen molar-refractivity contribution in [3.05, 3.63) is 39.4 Å². The Balaban J connectivity index is 2.79. The molecule has 4 heteroatoms. The highest BCUT2D eigenvalue weighted by atomic mass is 16.6. The van der Waals surface area contributed by atoms with Crippen molar-refractivity contribution in [3.63, 3.8) is 0 Å². The van der Waals surface area contributed by atoms with Crippen molar-refractivity contribution >= 4 is 5.69 Å². The highest BCUT2D eigenvalue weighted by Gasteiger charge is 2.10. The van der Waals surface area contributed by atoms with E-state index in [1.807, 2.05) is 13.0 Å². The van der Waals surface area contributed by atoms with E-state index in [9.17, 15) is 10.1 Å². The van der Waals surface area contributed by atoms with E-state index >= 15 is 0 Å². The van der Waals surface area contributed by atoms with Gasteiger partial charge in [-0.05, 0) is 30.9 Å². The van der Waals surface area contributed by atoms with E-state index in [4.69, 9.17) is 5.73 Å². The van der Waals surface area contributed by atoms with Gasteiger partial charge in [0.15, 0.2) is 0 Å². The van der Waals surface area contributed by atoms with Gasteiger partial charge in [0.1, 0.15) is 0 Å². The van der Waals surface area contributed by atoms with E-state index in [0.29, 0.717) is 0 Å². The Morgan fingerprint density at radius 2 is 2.19 bits per heavy atom. The number of benzene rings is 1. The standard InChI is InChI=1S/C12H18N2O2/c1-3-4-11(13)8-10-5-6-12(14(15)16)7-9(10)2/h5-7,11H,3-4,8,13H2,1-2H3. The third-order valence-electron chi connectivity index (χ3n) is 2.68. The lowest BCUT2D eigenvalue weighted by Gasteiger charge is -2.12. The minimum Gasteiger partial charge on any atom is -0.327 e. The van der Waals surface area contributed by atoms with Crippen LogP contribution in [-0.2, 0) is 6.42 Å². The molecule has 0 amide bonds. The first-order valence-electron chi connectivity index (χ1n) is 5.54. The molecule has 0 bridgehead atoms. The highest BCUT2D eigenvalue weighted by Crippen LogP contribution is 2.18. The van der Waals surface area contributed by atoms with Gasteiger partial charge in [0, 0.05) is 18.2 Å². The van der Waals surface area contributed by atoms with Crippen LogP contribution < -0.4 is 5.73 Å². The predicted molar refractivity (Wildman–Crippen MR) is 64.4 cm³/mol. The van der Waals surface area contributed by atoms with Crippen LogP contribution >= 0.6 is 0 Å². The van der Waals surface area contributed by atoms with Gasteiger partial charge in [-0.2, -0.15) is 0 Å². The molecule has 0 aliphatic heterocycles. The summed E-state index contributed by atoms with van der Waals surface area (Å²) in [5.74, 6) is 0. The molecule has 0 fully saturated rings. The van der Waals surface area contributed by atoms with E-state index in [0.717, 1.165) is 30.4 Å². The highest BCUT2D eigenvalue weighted by molar-refractivity contribution is 5.39. The smallest absolute Gasteiger partial charge is 0.269 e. The van der Waals surface area contributed by atoms with Crippen LogP contribution in [0.1, 0.15) is 30.9 Å². The summed E-state index contributed by atoms with van der Waals surface area (Å²) in [6.45, 7) is 3.99. The molecule has 1 unspecified atom stereocenters. The molecule has 0 heterocycles. The van der Waals surface area contributed by atoms with Gasteiger partial charge >= 0.3 is 0 Å². The first kappa shape index (κ1) is 12.6. The Bertz CT molecular complexity index is 377. The zero-order chi connectivity index (χ0) is 12.1. The first-order valence-corrected chi connectivity index (χ1v) is 5.54. The molecule has 0 aromatic heterocycles. The zero-order valence-electron chi connectivity index (χ0n) is 9.77. The second-order valence-electron chi connectivity index (χ2n) is 4.12. The van der Waals surface area contributed by atoms with Crippen molar-refractivity contribution in [2.45, 2.75) is 39.2 Å². The summed E-state index contributed by atoms with van der Waals surface area (Å²) in [5.41, 5.74) is 8.14. The number of aryl methyl sites for hydroxylation is 1. The van der Waals surface area contributed by atoms with Crippen molar-refractivity contribution in [1.29, 1.82) is 0 Å². The van der Waals surface area contributed by atoms with E-state index in [2.05, 4.69) is 6.92 Å². The van der Waals surface area contributed by atoms with Gasteiger partial charge in [0.25, 0.3) is 5.69 Å². The Morgan fingerprint density at radius 3 is 2.69 bits per heavy atom. The van der Waals surface area contributed by atoms with Crippen LogP contribution in [0, 0.1) is 17.0 Å². The molecule has 1 rings (SSSR count). The number of hydrogen-bond donors (Lipinski definition) is 1. The van der Waals surface area contributed by atoms with Gasteiger partial charge in [0.05, 0.1) is 4.92 Å². The van der Waals surface area contributed by atoms with Gasteiger partial charge in [-0.3, -0.25) is 10.1 Å². The molecule has 0 saturated heterocycles. The van der Waals surface area contributed by atoms with Crippen molar-refractivity contribution in [2.75, 3.05) is 0 Å². The van der Waals surface area contributed by atoms with E-state index < -0.39 is 0 Å². The van der Waals surface area contributed by atoms with Crippen LogP contribution in [0.3, 0.4) is 0 Å². The van der Waals surface area contributed by atoms with Gasteiger partial charge in [0.2, 0.25) is 0 Å². The van der Waals surface area contributed by atoms with Crippen molar-refractivity contribution < 1.29 is 4.92 Å². The maximum Gasteiger partial charge on any atom is 0.269 e. The second-order valence-corrected chi connectivity index (χ2v) is 4.12. The monoisotopic (exact) mass is 222 g/mol. The van der Waals surface area contributed by atoms with Crippen LogP contribution in [0.4, 0.5) is 5.69 Å². The molecule has 1 aromatic rings. The summed E-state index contributed by atoms with van der Waals surface area (Å²) in [6.07, 6.45) is 2.83. The Labute approximate surface area is 95.6 Å². The molecule has 0 aliphatic carbocycles. The van der Waals surface area contributed by atoms with Crippen LogP contribution in [0.15, 0.2) is 18.2 Å². The molecule has 0 aliphatic rings. The number of rotatable bonds is 5. The summed E-state index contributed by atoms with van der Waals surface area (Å²) in [4.78, 5) is 10.2. The quantitative estimate of drug-likeness (QED) is 0.615. The number of hydrogen-bond acceptors (Lipinski definition) is 3. The van der Waals surface area contributed by atoms with E-state index in [1.165, 1.54) is 0 Å². The van der Waals surface area contributed by atoms with Gasteiger partial charge in [-0.1, -0.05) is 19.4 Å². The van der Waals surface area contributed by atoms with Crippen LogP contribution in [-0.4, -0.2) is 11.0 Å². The lowest BCUT2D eigenvalue weighted by atomic mass is 9.98. The Hall–Kier alpha value is -1.42. The summed E-state index contributed by atoms with van der Waals surface area (Å²) in [6, 6.07) is 5.10. The minimum atomic E-state index is -0.372. The molecule has 1 atom stereocenters. The zero-order valence-corrected chi connectivity index (χ0v) is 9.77. The number of nitro benzene ring substituents is 1. The van der Waals surface area contributed by atoms with Crippen LogP contribution in [0.5, 0.6) is 0 Å². The van der Waals surface area contributed by atoms with Crippen molar-refractivity contribution in [2.24, 2.45) is 5.73 Å². The molecule has 2 N–H and O–H groups in total. The molecule has 1 aromatic carbocycles. The maximum absolute atomic E-state index is 10.6. The van der Waals surface area contributed by atoms with Crippen molar-refractivity contribution in [3.8, 4) is 0 Å². The summed E-state index contributed by atoms with van der Waals surface area (Å²) in [5, 5.41) is 10.6.